The van der Waals surface area contributed by atoms with Crippen LogP contribution in [0.3, 0.4) is 0 Å². The van der Waals surface area contributed by atoms with Crippen LogP contribution in [0.5, 0.6) is 5.75 Å². The smallest absolute Gasteiger partial charge is 0.338 e. The Labute approximate surface area is 195 Å². The number of amides is 1. The Hall–Kier alpha value is -3.64. The quantitative estimate of drug-likeness (QED) is 0.512. The van der Waals surface area contributed by atoms with Crippen LogP contribution < -0.4 is 10.1 Å². The Bertz CT molecular complexity index is 1200. The topological polar surface area (TPSA) is 114 Å². The largest absolute Gasteiger partial charge is 0.489 e. The van der Waals surface area contributed by atoms with Gasteiger partial charge in [-0.05, 0) is 69.4 Å². The van der Waals surface area contributed by atoms with Crippen LogP contribution in [0.1, 0.15) is 56.2 Å². The molecular weight excluding hydrogens is 442 g/mol. The molecule has 0 aliphatic heterocycles. The van der Waals surface area contributed by atoms with E-state index in [1.165, 1.54) is 11.3 Å². The summed E-state index contributed by atoms with van der Waals surface area (Å²) in [5, 5.41) is 16.6. The molecule has 9 heteroatoms. The van der Waals surface area contributed by atoms with E-state index in [4.69, 9.17) is 14.0 Å². The van der Waals surface area contributed by atoms with Crippen molar-refractivity contribution < 1.29 is 23.6 Å². The van der Waals surface area contributed by atoms with E-state index in [1.807, 2.05) is 13.8 Å². The number of esters is 1. The second kappa shape index (κ2) is 9.88. The number of thiophene rings is 1. The number of nitriles is 1. The number of benzene rings is 1. The number of ether oxygens (including phenoxy) is 2. The second-order valence-electron chi connectivity index (χ2n) is 7.77. The molecule has 2 aromatic heterocycles. The maximum absolute atomic E-state index is 12.3. The van der Waals surface area contributed by atoms with Crippen LogP contribution in [-0.2, 0) is 29.0 Å². The monoisotopic (exact) mass is 465 g/mol. The van der Waals surface area contributed by atoms with Crippen LogP contribution in [-0.4, -0.2) is 23.6 Å². The van der Waals surface area contributed by atoms with E-state index in [9.17, 15) is 14.9 Å². The molecule has 0 atom stereocenters. The van der Waals surface area contributed by atoms with Gasteiger partial charge >= 0.3 is 5.97 Å². The summed E-state index contributed by atoms with van der Waals surface area (Å²) in [5.74, 6) is 0.192. The number of aryl methyl sites for hydroxylation is 3. The van der Waals surface area contributed by atoms with Gasteiger partial charge in [0.1, 0.15) is 29.2 Å². The molecule has 1 aliphatic carbocycles. The van der Waals surface area contributed by atoms with E-state index in [0.29, 0.717) is 34.2 Å². The fraction of sp³-hybridized carbons (Fsp3) is 0.333. The lowest BCUT2D eigenvalue weighted by Gasteiger charge is -2.09. The molecule has 0 fully saturated rings. The van der Waals surface area contributed by atoms with Crippen molar-refractivity contribution in [2.45, 2.75) is 46.1 Å². The maximum Gasteiger partial charge on any atom is 0.338 e. The third-order valence-electron chi connectivity index (χ3n) is 5.52. The summed E-state index contributed by atoms with van der Waals surface area (Å²) in [4.78, 5) is 25.8. The first-order valence-electron chi connectivity index (χ1n) is 10.6. The zero-order valence-corrected chi connectivity index (χ0v) is 19.2. The Morgan fingerprint density at radius 1 is 1.21 bits per heavy atom. The van der Waals surface area contributed by atoms with Crippen LogP contribution in [0.25, 0.3) is 0 Å². The molecule has 0 saturated heterocycles. The van der Waals surface area contributed by atoms with Crippen molar-refractivity contribution in [2.75, 3.05) is 11.9 Å². The summed E-state index contributed by atoms with van der Waals surface area (Å²) in [7, 11) is 0. The number of nitrogens with one attached hydrogen (secondary N) is 1. The van der Waals surface area contributed by atoms with Gasteiger partial charge in [-0.15, -0.1) is 11.3 Å². The normalized spacial score (nSPS) is 12.5. The molecule has 0 radical (unpaired) electrons. The third-order valence-corrected chi connectivity index (χ3v) is 6.73. The lowest BCUT2D eigenvalue weighted by Crippen LogP contribution is -2.20. The van der Waals surface area contributed by atoms with E-state index in [0.717, 1.165) is 47.4 Å². The van der Waals surface area contributed by atoms with E-state index < -0.39 is 18.5 Å². The van der Waals surface area contributed by atoms with Gasteiger partial charge < -0.3 is 19.3 Å². The zero-order chi connectivity index (χ0) is 23.4. The fourth-order valence-electron chi connectivity index (χ4n) is 3.70. The van der Waals surface area contributed by atoms with Gasteiger partial charge in [0, 0.05) is 4.88 Å². The molecule has 0 bridgehead atoms. The van der Waals surface area contributed by atoms with Crippen LogP contribution in [0, 0.1) is 25.2 Å². The molecule has 0 unspecified atom stereocenters. The van der Waals surface area contributed by atoms with Gasteiger partial charge in [-0.2, -0.15) is 5.26 Å². The number of fused-ring (bicyclic) bond motifs is 1. The molecule has 3 aromatic rings. The highest BCUT2D eigenvalue weighted by molar-refractivity contribution is 7.16. The summed E-state index contributed by atoms with van der Waals surface area (Å²) in [6, 6.07) is 8.66. The van der Waals surface area contributed by atoms with Crippen molar-refractivity contribution in [1.82, 2.24) is 5.16 Å². The van der Waals surface area contributed by atoms with Crippen LogP contribution >= 0.6 is 11.3 Å². The van der Waals surface area contributed by atoms with Crippen molar-refractivity contribution in [3.05, 3.63) is 62.9 Å². The van der Waals surface area contributed by atoms with Gasteiger partial charge in [0.15, 0.2) is 6.61 Å². The Kier molecular flexibility index (Phi) is 6.75. The first-order valence-corrected chi connectivity index (χ1v) is 11.4. The molecule has 1 aliphatic rings. The summed E-state index contributed by atoms with van der Waals surface area (Å²) in [5.41, 5.74) is 3.53. The van der Waals surface area contributed by atoms with Crippen molar-refractivity contribution >= 4 is 28.2 Å². The van der Waals surface area contributed by atoms with Gasteiger partial charge in [0.25, 0.3) is 5.91 Å². The standard InChI is InChI=1S/C24H23N3O5S/c1-14-20(15(2)32-27-14)12-30-17-9-7-16(8-10-17)24(29)31-13-22(28)26-23-19(11-25)18-5-3-4-6-21(18)33-23/h7-10H,3-6,12-13H2,1-2H3,(H,26,28). The SMILES string of the molecule is Cc1noc(C)c1COc1ccc(C(=O)OCC(=O)Nc2sc3c(c2C#N)CCCC3)cc1. The van der Waals surface area contributed by atoms with Crippen LogP contribution in [0.15, 0.2) is 28.8 Å². The highest BCUT2D eigenvalue weighted by Crippen LogP contribution is 2.37. The fourth-order valence-corrected chi connectivity index (χ4v) is 4.96. The average Bonchev–Trinajstić information content (AvgIpc) is 3.34. The number of carbonyl (C=O) groups excluding carboxylic acids is 2. The van der Waals surface area contributed by atoms with Crippen molar-refractivity contribution in [2.24, 2.45) is 0 Å². The lowest BCUT2D eigenvalue weighted by molar-refractivity contribution is -0.119. The van der Waals surface area contributed by atoms with Crippen molar-refractivity contribution in [1.29, 1.82) is 5.26 Å². The molecular formula is C24H23N3O5S. The minimum absolute atomic E-state index is 0.303. The first kappa shape index (κ1) is 22.6. The minimum Gasteiger partial charge on any atom is -0.489 e. The van der Waals surface area contributed by atoms with Crippen molar-refractivity contribution in [3.8, 4) is 11.8 Å². The van der Waals surface area contributed by atoms with Crippen LogP contribution in [0.4, 0.5) is 5.00 Å². The highest BCUT2D eigenvalue weighted by Gasteiger charge is 2.22. The molecule has 1 aromatic carbocycles. The molecule has 170 valence electrons. The number of aromatic nitrogens is 1. The average molecular weight is 466 g/mol. The van der Waals surface area contributed by atoms with Gasteiger partial charge in [-0.25, -0.2) is 4.79 Å². The van der Waals surface area contributed by atoms with Gasteiger partial charge in [0.2, 0.25) is 0 Å². The summed E-state index contributed by atoms with van der Waals surface area (Å²) >= 11 is 1.43. The second-order valence-corrected chi connectivity index (χ2v) is 8.87. The molecule has 1 amide bonds. The molecule has 2 heterocycles. The number of hydrogen-bond acceptors (Lipinski definition) is 8. The first-order chi connectivity index (χ1) is 16.0. The predicted octanol–water partition coefficient (Wildman–Crippen LogP) is 4.48. The van der Waals surface area contributed by atoms with Gasteiger partial charge in [-0.1, -0.05) is 5.16 Å². The molecule has 4 rings (SSSR count). The predicted molar refractivity (Wildman–Crippen MR) is 121 cm³/mol. The molecule has 0 spiro atoms. The number of hydrogen-bond donors (Lipinski definition) is 1. The highest BCUT2D eigenvalue weighted by atomic mass is 32.1. The van der Waals surface area contributed by atoms with Gasteiger partial charge in [0.05, 0.1) is 22.4 Å². The lowest BCUT2D eigenvalue weighted by atomic mass is 9.96. The van der Waals surface area contributed by atoms with Crippen LogP contribution in [0.2, 0.25) is 0 Å². The van der Waals surface area contributed by atoms with E-state index in [2.05, 4.69) is 16.5 Å². The minimum atomic E-state index is -0.617. The number of anilines is 1. The summed E-state index contributed by atoms with van der Waals surface area (Å²) < 4.78 is 16.0. The summed E-state index contributed by atoms with van der Waals surface area (Å²) in [6.07, 6.45) is 3.93. The number of nitrogens with zero attached hydrogens (tertiary/aromatic N) is 2. The third kappa shape index (κ3) is 5.07. The van der Waals surface area contributed by atoms with E-state index >= 15 is 0 Å². The Morgan fingerprint density at radius 2 is 1.97 bits per heavy atom. The summed E-state index contributed by atoms with van der Waals surface area (Å²) in [6.45, 7) is 3.54. The van der Waals surface area contributed by atoms with E-state index in [1.54, 1.807) is 24.3 Å². The van der Waals surface area contributed by atoms with Gasteiger partial charge in [-0.3, -0.25) is 4.79 Å². The Balaban J connectivity index is 1.29. The molecule has 8 nitrogen and oxygen atoms in total. The molecule has 1 N–H and O–H groups in total. The number of carbonyl (C=O) groups is 2. The molecule has 0 saturated carbocycles. The maximum atomic E-state index is 12.3. The Morgan fingerprint density at radius 3 is 2.67 bits per heavy atom. The van der Waals surface area contributed by atoms with E-state index in [-0.39, 0.29) is 0 Å². The van der Waals surface area contributed by atoms with Crippen molar-refractivity contribution in [3.63, 3.8) is 0 Å². The number of rotatable bonds is 7. The zero-order valence-electron chi connectivity index (χ0n) is 18.4. The molecule has 33 heavy (non-hydrogen) atoms.